The van der Waals surface area contributed by atoms with E-state index in [1.54, 1.807) is 32.3 Å². The van der Waals surface area contributed by atoms with Gasteiger partial charge in [0.05, 0.1) is 23.6 Å². The lowest BCUT2D eigenvalue weighted by Gasteiger charge is -2.18. The SMILES string of the molecule is CC[C@@H](NC1=C(Nc2cccc(C(=O)N(C)C)c2O)C(=O)N(C)C1=O)c1ccco1. The molecule has 1 aliphatic rings. The number of phenolic OH excluding ortho intramolecular Hbond substituents is 1. The Hall–Kier alpha value is -3.75. The highest BCUT2D eigenvalue weighted by Crippen LogP contribution is 2.32. The molecule has 2 aromatic rings. The van der Waals surface area contributed by atoms with Crippen LogP contribution in [0.25, 0.3) is 0 Å². The van der Waals surface area contributed by atoms with Crippen LogP contribution in [-0.2, 0) is 9.59 Å². The van der Waals surface area contributed by atoms with Crippen molar-refractivity contribution < 1.29 is 23.9 Å². The molecule has 1 atom stereocenters. The molecule has 0 bridgehead atoms. The van der Waals surface area contributed by atoms with Crippen LogP contribution in [0.15, 0.2) is 52.4 Å². The summed E-state index contributed by atoms with van der Waals surface area (Å²) in [6.07, 6.45) is 2.14. The third-order valence-electron chi connectivity index (χ3n) is 4.83. The van der Waals surface area contributed by atoms with Gasteiger partial charge in [-0.15, -0.1) is 0 Å². The van der Waals surface area contributed by atoms with Gasteiger partial charge in [0.15, 0.2) is 5.75 Å². The summed E-state index contributed by atoms with van der Waals surface area (Å²) in [7, 11) is 4.51. The average Bonchev–Trinajstić information content (AvgIpc) is 3.32. The predicted molar refractivity (Wildman–Crippen MR) is 109 cm³/mol. The van der Waals surface area contributed by atoms with Gasteiger partial charge >= 0.3 is 0 Å². The lowest BCUT2D eigenvalue weighted by Crippen LogP contribution is -2.31. The van der Waals surface area contributed by atoms with E-state index in [1.165, 1.54) is 30.3 Å². The minimum Gasteiger partial charge on any atom is -0.505 e. The number of phenols is 1. The van der Waals surface area contributed by atoms with E-state index < -0.39 is 17.7 Å². The van der Waals surface area contributed by atoms with Gasteiger partial charge in [0, 0.05) is 21.1 Å². The smallest absolute Gasteiger partial charge is 0.279 e. The van der Waals surface area contributed by atoms with Crippen LogP contribution >= 0.6 is 0 Å². The Labute approximate surface area is 173 Å². The molecule has 1 aliphatic heterocycles. The molecule has 158 valence electrons. The van der Waals surface area contributed by atoms with Crippen molar-refractivity contribution in [2.75, 3.05) is 26.5 Å². The van der Waals surface area contributed by atoms with E-state index in [4.69, 9.17) is 4.42 Å². The molecule has 9 heteroatoms. The number of furan rings is 1. The van der Waals surface area contributed by atoms with Crippen molar-refractivity contribution in [3.63, 3.8) is 0 Å². The number of benzene rings is 1. The maximum atomic E-state index is 12.7. The molecule has 2 heterocycles. The van der Waals surface area contributed by atoms with Gasteiger partial charge in [0.2, 0.25) is 0 Å². The van der Waals surface area contributed by atoms with E-state index in [0.717, 1.165) is 4.90 Å². The number of aromatic hydroxyl groups is 1. The van der Waals surface area contributed by atoms with Crippen molar-refractivity contribution in [3.05, 3.63) is 59.3 Å². The summed E-state index contributed by atoms with van der Waals surface area (Å²) in [4.78, 5) is 40.0. The Morgan fingerprint density at radius 2 is 1.87 bits per heavy atom. The Kier molecular flexibility index (Phi) is 5.81. The molecular weight excluding hydrogens is 388 g/mol. The van der Waals surface area contributed by atoms with Crippen LogP contribution in [-0.4, -0.2) is 53.8 Å². The zero-order valence-corrected chi connectivity index (χ0v) is 17.2. The molecule has 0 saturated carbocycles. The van der Waals surface area contributed by atoms with E-state index in [0.29, 0.717) is 12.2 Å². The number of hydrogen-bond donors (Lipinski definition) is 3. The van der Waals surface area contributed by atoms with Crippen molar-refractivity contribution in [2.45, 2.75) is 19.4 Å². The monoisotopic (exact) mass is 412 g/mol. The summed E-state index contributed by atoms with van der Waals surface area (Å²) in [5, 5.41) is 16.5. The molecule has 1 aromatic heterocycles. The van der Waals surface area contributed by atoms with Crippen molar-refractivity contribution in [2.24, 2.45) is 0 Å². The minimum absolute atomic E-state index is 0.0164. The highest BCUT2D eigenvalue weighted by atomic mass is 16.3. The summed E-state index contributed by atoms with van der Waals surface area (Å²) in [6.45, 7) is 1.92. The van der Waals surface area contributed by atoms with Crippen molar-refractivity contribution >= 4 is 23.4 Å². The first kappa shape index (κ1) is 21.0. The Bertz CT molecular complexity index is 1010. The van der Waals surface area contributed by atoms with Gasteiger partial charge in [-0.1, -0.05) is 13.0 Å². The number of imide groups is 1. The first-order chi connectivity index (χ1) is 14.3. The fourth-order valence-corrected chi connectivity index (χ4v) is 3.12. The summed E-state index contributed by atoms with van der Waals surface area (Å²) >= 11 is 0. The highest BCUT2D eigenvalue weighted by molar-refractivity contribution is 6.20. The maximum absolute atomic E-state index is 12.7. The van der Waals surface area contributed by atoms with Gasteiger partial charge in [-0.2, -0.15) is 0 Å². The standard InChI is InChI=1S/C21H24N4O5/c1-5-13(15-10-7-11-30-15)22-16-17(21(29)25(4)20(16)28)23-14-9-6-8-12(18(14)26)19(27)24(2)3/h6-11,13,22-23,26H,5H2,1-4H3/t13-/m1/s1. The lowest BCUT2D eigenvalue weighted by atomic mass is 10.1. The molecule has 0 unspecified atom stereocenters. The van der Waals surface area contributed by atoms with Crippen LogP contribution in [0.1, 0.15) is 35.5 Å². The quantitative estimate of drug-likeness (QED) is 0.471. The second-order valence-electron chi connectivity index (χ2n) is 7.07. The highest BCUT2D eigenvalue weighted by Gasteiger charge is 2.38. The molecule has 30 heavy (non-hydrogen) atoms. The molecule has 0 aliphatic carbocycles. The van der Waals surface area contributed by atoms with Gasteiger partial charge in [-0.3, -0.25) is 19.3 Å². The molecular formula is C21H24N4O5. The number of rotatable bonds is 7. The molecule has 1 aromatic carbocycles. The van der Waals surface area contributed by atoms with Crippen LogP contribution in [0.3, 0.4) is 0 Å². The van der Waals surface area contributed by atoms with E-state index >= 15 is 0 Å². The summed E-state index contributed by atoms with van der Waals surface area (Å²) in [6, 6.07) is 7.77. The number of carbonyl (C=O) groups is 3. The van der Waals surface area contributed by atoms with Crippen LogP contribution in [0.4, 0.5) is 5.69 Å². The number of likely N-dealkylation sites (N-methyl/N-ethyl adjacent to an activating group) is 1. The second-order valence-corrected chi connectivity index (χ2v) is 7.07. The molecule has 9 nitrogen and oxygen atoms in total. The third-order valence-corrected chi connectivity index (χ3v) is 4.83. The molecule has 0 fully saturated rings. The molecule has 0 saturated heterocycles. The molecule has 3 rings (SSSR count). The van der Waals surface area contributed by atoms with E-state index in [1.807, 2.05) is 6.92 Å². The van der Waals surface area contributed by atoms with Gasteiger partial charge in [-0.05, 0) is 30.7 Å². The Balaban J connectivity index is 1.99. The number of nitrogens with zero attached hydrogens (tertiary/aromatic N) is 2. The lowest BCUT2D eigenvalue weighted by molar-refractivity contribution is -0.136. The van der Waals surface area contributed by atoms with Crippen LogP contribution in [0, 0.1) is 0 Å². The third kappa shape index (κ3) is 3.73. The van der Waals surface area contributed by atoms with Crippen LogP contribution in [0.5, 0.6) is 5.75 Å². The largest absolute Gasteiger partial charge is 0.505 e. The summed E-state index contributed by atoms with van der Waals surface area (Å²) in [5.41, 5.74) is 0.263. The molecule has 0 spiro atoms. The fourth-order valence-electron chi connectivity index (χ4n) is 3.12. The van der Waals surface area contributed by atoms with Gasteiger partial charge in [-0.25, -0.2) is 0 Å². The predicted octanol–water partition coefficient (Wildman–Crippen LogP) is 2.05. The topological polar surface area (TPSA) is 115 Å². The minimum atomic E-state index is -0.555. The van der Waals surface area contributed by atoms with E-state index in [-0.39, 0.29) is 34.4 Å². The number of hydrogen-bond acceptors (Lipinski definition) is 7. The van der Waals surface area contributed by atoms with Crippen LogP contribution in [0.2, 0.25) is 0 Å². The zero-order valence-electron chi connectivity index (χ0n) is 17.2. The maximum Gasteiger partial charge on any atom is 0.279 e. The number of anilines is 1. The van der Waals surface area contributed by atoms with Crippen molar-refractivity contribution in [1.82, 2.24) is 15.1 Å². The number of carbonyl (C=O) groups excluding carboxylic acids is 3. The Morgan fingerprint density at radius 3 is 2.47 bits per heavy atom. The number of para-hydroxylation sites is 1. The molecule has 0 radical (unpaired) electrons. The molecule has 3 amide bonds. The van der Waals surface area contributed by atoms with Gasteiger partial charge in [0.1, 0.15) is 17.2 Å². The number of nitrogens with one attached hydrogen (secondary N) is 2. The van der Waals surface area contributed by atoms with Gasteiger partial charge in [0.25, 0.3) is 17.7 Å². The van der Waals surface area contributed by atoms with E-state index in [9.17, 15) is 19.5 Å². The normalized spacial score (nSPS) is 14.9. The van der Waals surface area contributed by atoms with Crippen molar-refractivity contribution in [1.29, 1.82) is 0 Å². The van der Waals surface area contributed by atoms with Crippen LogP contribution < -0.4 is 10.6 Å². The molecule has 3 N–H and O–H groups in total. The van der Waals surface area contributed by atoms with Crippen molar-refractivity contribution in [3.8, 4) is 5.75 Å². The van der Waals surface area contributed by atoms with Gasteiger partial charge < -0.3 is 25.1 Å². The number of amides is 3. The zero-order chi connectivity index (χ0) is 22.0. The van der Waals surface area contributed by atoms with E-state index in [2.05, 4.69) is 10.6 Å². The average molecular weight is 412 g/mol. The summed E-state index contributed by atoms with van der Waals surface area (Å²) < 4.78 is 5.43. The summed E-state index contributed by atoms with van der Waals surface area (Å²) in [5.74, 6) is -1.14. The Morgan fingerprint density at radius 1 is 1.17 bits per heavy atom. The first-order valence-electron chi connectivity index (χ1n) is 9.43. The fraction of sp³-hybridized carbons (Fsp3) is 0.286. The first-order valence-corrected chi connectivity index (χ1v) is 9.43. The second kappa shape index (κ2) is 8.32.